The van der Waals surface area contributed by atoms with Gasteiger partial charge in [0, 0.05) is 25.3 Å². The summed E-state index contributed by atoms with van der Waals surface area (Å²) in [6.45, 7) is 1.66. The molecule has 0 unspecified atom stereocenters. The van der Waals surface area contributed by atoms with Gasteiger partial charge in [-0.3, -0.25) is 4.79 Å². The fraction of sp³-hybridized carbons (Fsp3) is 0.350. The van der Waals surface area contributed by atoms with E-state index in [1.165, 1.54) is 0 Å². The largest absolute Gasteiger partial charge is 0.491 e. The Bertz CT molecular complexity index is 668. The average Bonchev–Trinajstić information content (AvgIpc) is 3.45. The van der Waals surface area contributed by atoms with Crippen molar-refractivity contribution in [2.24, 2.45) is 0 Å². The second-order valence-corrected chi connectivity index (χ2v) is 6.02. The summed E-state index contributed by atoms with van der Waals surface area (Å²) in [4.78, 5) is 14.9. The Morgan fingerprint density at radius 3 is 2.58 bits per heavy atom. The summed E-state index contributed by atoms with van der Waals surface area (Å²) in [6, 6.07) is 17.9. The number of hydrogen-bond donors (Lipinski definition) is 0. The summed E-state index contributed by atoms with van der Waals surface area (Å²) in [5.41, 5.74) is 1.83. The number of nitrogens with zero attached hydrogens (tertiary/aromatic N) is 1. The predicted octanol–water partition coefficient (Wildman–Crippen LogP) is 3.52. The van der Waals surface area contributed by atoms with Gasteiger partial charge < -0.3 is 14.4 Å². The van der Waals surface area contributed by atoms with Gasteiger partial charge in [-0.15, -0.1) is 0 Å². The molecule has 24 heavy (non-hydrogen) atoms. The number of hydrogen-bond acceptors (Lipinski definition) is 3. The normalized spacial score (nSPS) is 13.5. The van der Waals surface area contributed by atoms with E-state index in [4.69, 9.17) is 9.47 Å². The molecule has 0 aliphatic heterocycles. The van der Waals surface area contributed by atoms with Crippen LogP contribution in [0.5, 0.6) is 5.75 Å². The lowest BCUT2D eigenvalue weighted by Crippen LogP contribution is -2.32. The van der Waals surface area contributed by atoms with Crippen molar-refractivity contribution in [1.29, 1.82) is 0 Å². The average molecular weight is 325 g/mol. The predicted molar refractivity (Wildman–Crippen MR) is 93.2 cm³/mol. The highest BCUT2D eigenvalue weighted by Crippen LogP contribution is 2.30. The van der Waals surface area contributed by atoms with Gasteiger partial charge in [0.25, 0.3) is 5.91 Å². The lowest BCUT2D eigenvalue weighted by molar-refractivity contribution is 0.0729. The number of benzene rings is 2. The molecule has 1 saturated carbocycles. The Morgan fingerprint density at radius 1 is 1.08 bits per heavy atom. The maximum Gasteiger partial charge on any atom is 0.254 e. The van der Waals surface area contributed by atoms with Crippen molar-refractivity contribution in [1.82, 2.24) is 4.90 Å². The molecule has 2 aromatic carbocycles. The van der Waals surface area contributed by atoms with Crippen LogP contribution in [-0.4, -0.2) is 37.2 Å². The monoisotopic (exact) mass is 325 g/mol. The van der Waals surface area contributed by atoms with E-state index in [1.54, 1.807) is 7.11 Å². The Balaban J connectivity index is 1.72. The van der Waals surface area contributed by atoms with Gasteiger partial charge >= 0.3 is 0 Å². The van der Waals surface area contributed by atoms with E-state index in [1.807, 2.05) is 47.4 Å². The van der Waals surface area contributed by atoms with E-state index in [0.717, 1.165) is 18.4 Å². The number of methoxy groups -OCH3 is 1. The highest BCUT2D eigenvalue weighted by Gasteiger charge is 2.33. The zero-order valence-electron chi connectivity index (χ0n) is 14.0. The van der Waals surface area contributed by atoms with E-state index in [0.29, 0.717) is 37.1 Å². The van der Waals surface area contributed by atoms with Crippen molar-refractivity contribution in [2.75, 3.05) is 20.3 Å². The van der Waals surface area contributed by atoms with E-state index < -0.39 is 0 Å². The lowest BCUT2D eigenvalue weighted by atomic mass is 10.1. The van der Waals surface area contributed by atoms with Crippen molar-refractivity contribution in [3.05, 3.63) is 65.7 Å². The highest BCUT2D eigenvalue weighted by molar-refractivity contribution is 5.95. The Hall–Kier alpha value is -2.33. The maximum absolute atomic E-state index is 13.0. The number of carbonyl (C=O) groups is 1. The first-order valence-electron chi connectivity index (χ1n) is 8.34. The highest BCUT2D eigenvalue weighted by atomic mass is 16.5. The van der Waals surface area contributed by atoms with Crippen LogP contribution in [0.2, 0.25) is 0 Å². The van der Waals surface area contributed by atoms with E-state index >= 15 is 0 Å². The first-order chi connectivity index (χ1) is 11.8. The third-order valence-electron chi connectivity index (χ3n) is 4.08. The Morgan fingerprint density at radius 2 is 1.88 bits per heavy atom. The molecule has 4 heteroatoms. The summed E-state index contributed by atoms with van der Waals surface area (Å²) < 4.78 is 10.6. The molecule has 1 fully saturated rings. The van der Waals surface area contributed by atoms with Gasteiger partial charge in [-0.05, 0) is 36.6 Å². The van der Waals surface area contributed by atoms with E-state index in [-0.39, 0.29) is 5.91 Å². The van der Waals surface area contributed by atoms with Gasteiger partial charge in [-0.25, -0.2) is 0 Å². The smallest absolute Gasteiger partial charge is 0.254 e. The van der Waals surface area contributed by atoms with Crippen molar-refractivity contribution in [2.45, 2.75) is 25.4 Å². The first kappa shape index (κ1) is 16.5. The molecule has 0 radical (unpaired) electrons. The van der Waals surface area contributed by atoms with Crippen LogP contribution in [0.1, 0.15) is 28.8 Å². The Labute approximate surface area is 143 Å². The third kappa shape index (κ3) is 4.36. The third-order valence-corrected chi connectivity index (χ3v) is 4.08. The quantitative estimate of drug-likeness (QED) is 0.697. The Kier molecular flexibility index (Phi) is 5.49. The zero-order valence-corrected chi connectivity index (χ0v) is 14.0. The minimum absolute atomic E-state index is 0.0681. The van der Waals surface area contributed by atoms with Crippen molar-refractivity contribution >= 4 is 5.91 Å². The molecule has 2 aromatic rings. The fourth-order valence-electron chi connectivity index (χ4n) is 2.66. The van der Waals surface area contributed by atoms with Gasteiger partial charge in [0.2, 0.25) is 0 Å². The number of rotatable bonds is 8. The van der Waals surface area contributed by atoms with Gasteiger partial charge in [-0.1, -0.05) is 36.4 Å². The van der Waals surface area contributed by atoms with Crippen LogP contribution >= 0.6 is 0 Å². The molecule has 0 aromatic heterocycles. The van der Waals surface area contributed by atoms with Crippen molar-refractivity contribution < 1.29 is 14.3 Å². The van der Waals surface area contributed by atoms with Crippen LogP contribution in [0.4, 0.5) is 0 Å². The molecule has 0 bridgehead atoms. The summed E-state index contributed by atoms with van der Waals surface area (Å²) in [5.74, 6) is 0.770. The minimum Gasteiger partial charge on any atom is -0.491 e. The van der Waals surface area contributed by atoms with Crippen LogP contribution in [-0.2, 0) is 11.3 Å². The number of carbonyl (C=O) groups excluding carboxylic acids is 1. The van der Waals surface area contributed by atoms with Gasteiger partial charge in [0.05, 0.1) is 6.61 Å². The number of amides is 1. The summed E-state index contributed by atoms with van der Waals surface area (Å²) in [6.07, 6.45) is 2.17. The van der Waals surface area contributed by atoms with E-state index in [2.05, 4.69) is 12.1 Å². The molecular weight excluding hydrogens is 302 g/mol. The van der Waals surface area contributed by atoms with Crippen molar-refractivity contribution in [3.8, 4) is 5.75 Å². The van der Waals surface area contributed by atoms with E-state index in [9.17, 15) is 4.79 Å². The molecule has 1 amide bonds. The summed E-state index contributed by atoms with van der Waals surface area (Å²) in [7, 11) is 1.64. The lowest BCUT2D eigenvalue weighted by Gasteiger charge is -2.23. The van der Waals surface area contributed by atoms with Crippen LogP contribution in [0, 0.1) is 0 Å². The van der Waals surface area contributed by atoms with Crippen LogP contribution in [0.3, 0.4) is 0 Å². The maximum atomic E-state index is 13.0. The van der Waals surface area contributed by atoms with Crippen LogP contribution < -0.4 is 4.74 Å². The topological polar surface area (TPSA) is 38.8 Å². The minimum atomic E-state index is 0.0681. The number of ether oxygens (including phenoxy) is 2. The summed E-state index contributed by atoms with van der Waals surface area (Å²) in [5, 5.41) is 0. The molecule has 0 heterocycles. The molecule has 1 aliphatic carbocycles. The van der Waals surface area contributed by atoms with Crippen LogP contribution in [0.15, 0.2) is 54.6 Å². The van der Waals surface area contributed by atoms with Crippen molar-refractivity contribution in [3.63, 3.8) is 0 Å². The van der Waals surface area contributed by atoms with Gasteiger partial charge in [0.1, 0.15) is 12.4 Å². The van der Waals surface area contributed by atoms with Gasteiger partial charge in [-0.2, -0.15) is 0 Å². The fourth-order valence-corrected chi connectivity index (χ4v) is 2.66. The van der Waals surface area contributed by atoms with Crippen LogP contribution in [0.25, 0.3) is 0 Å². The molecule has 0 saturated heterocycles. The standard InChI is InChI=1S/C20H23NO3/c1-23-12-13-24-19-9-5-8-17(14-19)20(22)21(18-10-11-18)15-16-6-3-2-4-7-16/h2-9,14,18H,10-13,15H2,1H3. The SMILES string of the molecule is COCCOc1cccc(C(=O)N(Cc2ccccc2)C2CC2)c1. The molecule has 126 valence electrons. The molecule has 4 nitrogen and oxygen atoms in total. The molecular formula is C20H23NO3. The molecule has 0 atom stereocenters. The second-order valence-electron chi connectivity index (χ2n) is 6.02. The summed E-state index contributed by atoms with van der Waals surface area (Å²) >= 11 is 0. The van der Waals surface area contributed by atoms with Gasteiger partial charge in [0.15, 0.2) is 0 Å². The molecule has 0 N–H and O–H groups in total. The molecule has 3 rings (SSSR count). The first-order valence-corrected chi connectivity index (χ1v) is 8.34. The second kappa shape index (κ2) is 7.97. The zero-order chi connectivity index (χ0) is 16.8. The molecule has 0 spiro atoms. The molecule has 1 aliphatic rings.